The Labute approximate surface area is 78.6 Å². The molecule has 3 aliphatic carbocycles. The monoisotopic (exact) mass is 180 g/mol. The van der Waals surface area contributed by atoms with Gasteiger partial charge in [-0.3, -0.25) is 4.79 Å². The second-order valence-electron chi connectivity index (χ2n) is 5.12. The van der Waals surface area contributed by atoms with Crippen LogP contribution in [0.5, 0.6) is 0 Å². The molecule has 0 radical (unpaired) electrons. The van der Waals surface area contributed by atoms with Gasteiger partial charge in [0, 0.05) is 5.41 Å². The molecule has 1 spiro atoms. The fraction of sp³-hybridized carbons (Fsp3) is 0.909. The van der Waals surface area contributed by atoms with Gasteiger partial charge in [-0.05, 0) is 31.1 Å². The molecule has 72 valence electrons. The van der Waals surface area contributed by atoms with Crippen molar-refractivity contribution in [3.05, 3.63) is 0 Å². The summed E-state index contributed by atoms with van der Waals surface area (Å²) in [5.41, 5.74) is 0.290. The van der Waals surface area contributed by atoms with Gasteiger partial charge in [0.1, 0.15) is 0 Å². The molecule has 1 atom stereocenters. The van der Waals surface area contributed by atoms with E-state index in [1.807, 2.05) is 0 Å². The molecule has 0 aromatic carbocycles. The van der Waals surface area contributed by atoms with Gasteiger partial charge in [-0.2, -0.15) is 0 Å². The van der Waals surface area contributed by atoms with E-state index in [0.717, 1.165) is 18.4 Å². The third-order valence-electron chi connectivity index (χ3n) is 4.42. The topological polar surface area (TPSA) is 26.3 Å². The molecule has 4 fully saturated rings. The summed E-state index contributed by atoms with van der Waals surface area (Å²) in [5, 5.41) is 0. The van der Waals surface area contributed by atoms with Gasteiger partial charge >= 0.3 is 5.97 Å². The van der Waals surface area contributed by atoms with Gasteiger partial charge in [-0.1, -0.05) is 12.8 Å². The largest absolute Gasteiger partial charge is 0.465 e. The Kier molecular flexibility index (Phi) is 1.50. The molecule has 0 amide bonds. The zero-order chi connectivity index (χ0) is 8.89. The first-order chi connectivity index (χ1) is 6.28. The van der Waals surface area contributed by atoms with Crippen molar-refractivity contribution in [3.8, 4) is 0 Å². The fourth-order valence-corrected chi connectivity index (χ4v) is 3.73. The smallest absolute Gasteiger partial charge is 0.306 e. The summed E-state index contributed by atoms with van der Waals surface area (Å²) in [6.07, 6.45) is 7.49. The van der Waals surface area contributed by atoms with Crippen LogP contribution in [-0.4, -0.2) is 12.6 Å². The zero-order valence-corrected chi connectivity index (χ0v) is 7.92. The molecule has 4 aliphatic rings. The Morgan fingerprint density at radius 2 is 2.00 bits per heavy atom. The van der Waals surface area contributed by atoms with Crippen LogP contribution in [0.25, 0.3) is 0 Å². The molecular weight excluding hydrogens is 164 g/mol. The summed E-state index contributed by atoms with van der Waals surface area (Å²) in [7, 11) is 0. The van der Waals surface area contributed by atoms with Crippen LogP contribution in [0.2, 0.25) is 0 Å². The number of carbonyl (C=O) groups excluding carboxylic acids is 1. The maximum absolute atomic E-state index is 11.2. The van der Waals surface area contributed by atoms with Gasteiger partial charge in [0.05, 0.1) is 13.0 Å². The lowest BCUT2D eigenvalue weighted by Gasteiger charge is -2.48. The molecule has 0 N–H and O–H groups in total. The number of cyclic esters (lactones) is 1. The number of hydrogen-bond donors (Lipinski definition) is 0. The van der Waals surface area contributed by atoms with E-state index in [2.05, 4.69) is 0 Å². The van der Waals surface area contributed by atoms with E-state index in [0.29, 0.717) is 6.42 Å². The molecule has 1 aliphatic heterocycles. The zero-order valence-electron chi connectivity index (χ0n) is 7.92. The Morgan fingerprint density at radius 3 is 2.46 bits per heavy atom. The molecule has 3 saturated carbocycles. The van der Waals surface area contributed by atoms with Crippen LogP contribution in [0.15, 0.2) is 0 Å². The Hall–Kier alpha value is -0.530. The Morgan fingerprint density at radius 1 is 1.23 bits per heavy atom. The first-order valence-corrected chi connectivity index (χ1v) is 5.44. The maximum Gasteiger partial charge on any atom is 0.306 e. The van der Waals surface area contributed by atoms with Crippen LogP contribution in [-0.2, 0) is 9.53 Å². The van der Waals surface area contributed by atoms with Crippen molar-refractivity contribution in [2.45, 2.75) is 38.5 Å². The predicted octanol–water partition coefficient (Wildman–Crippen LogP) is 2.13. The van der Waals surface area contributed by atoms with Crippen LogP contribution in [0.1, 0.15) is 38.5 Å². The van der Waals surface area contributed by atoms with Gasteiger partial charge in [0.25, 0.3) is 0 Å². The second kappa shape index (κ2) is 2.49. The highest BCUT2D eigenvalue weighted by atomic mass is 16.5. The van der Waals surface area contributed by atoms with Crippen molar-refractivity contribution in [1.82, 2.24) is 0 Å². The van der Waals surface area contributed by atoms with Crippen molar-refractivity contribution < 1.29 is 9.53 Å². The Bertz CT molecular complexity index is 240. The lowest BCUT2D eigenvalue weighted by molar-refractivity contribution is -0.137. The van der Waals surface area contributed by atoms with Gasteiger partial charge < -0.3 is 4.74 Å². The lowest BCUT2D eigenvalue weighted by Crippen LogP contribution is -2.42. The number of fused-ring (bicyclic) bond motifs is 2. The molecule has 1 saturated heterocycles. The van der Waals surface area contributed by atoms with E-state index < -0.39 is 0 Å². The molecule has 0 aromatic heterocycles. The number of hydrogen-bond acceptors (Lipinski definition) is 2. The van der Waals surface area contributed by atoms with Gasteiger partial charge in [-0.15, -0.1) is 0 Å². The van der Waals surface area contributed by atoms with Crippen molar-refractivity contribution in [3.63, 3.8) is 0 Å². The highest BCUT2D eigenvalue weighted by Gasteiger charge is 2.52. The summed E-state index contributed by atoms with van der Waals surface area (Å²) in [4.78, 5) is 11.2. The van der Waals surface area contributed by atoms with Crippen LogP contribution in [0.4, 0.5) is 0 Å². The first-order valence-electron chi connectivity index (χ1n) is 5.44. The quantitative estimate of drug-likeness (QED) is 0.534. The van der Waals surface area contributed by atoms with Crippen molar-refractivity contribution in [1.29, 1.82) is 0 Å². The molecule has 0 aromatic rings. The fourth-order valence-electron chi connectivity index (χ4n) is 3.73. The summed E-state index contributed by atoms with van der Waals surface area (Å²) < 4.78 is 5.16. The molecule has 13 heavy (non-hydrogen) atoms. The average molecular weight is 180 g/mol. The minimum absolute atomic E-state index is 0.0487. The summed E-state index contributed by atoms with van der Waals surface area (Å²) >= 11 is 0. The van der Waals surface area contributed by atoms with Crippen molar-refractivity contribution >= 4 is 5.97 Å². The molecular formula is C11H16O2. The molecule has 2 heteroatoms. The predicted molar refractivity (Wildman–Crippen MR) is 48.1 cm³/mol. The van der Waals surface area contributed by atoms with Crippen LogP contribution >= 0.6 is 0 Å². The van der Waals surface area contributed by atoms with E-state index in [1.165, 1.54) is 32.1 Å². The van der Waals surface area contributed by atoms with E-state index in [-0.39, 0.29) is 11.4 Å². The summed E-state index contributed by atoms with van der Waals surface area (Å²) in [6, 6.07) is 0. The number of esters is 1. The molecule has 1 heterocycles. The van der Waals surface area contributed by atoms with E-state index in [9.17, 15) is 4.79 Å². The number of ether oxygens (including phenoxy) is 1. The van der Waals surface area contributed by atoms with E-state index in [4.69, 9.17) is 4.74 Å². The highest BCUT2D eigenvalue weighted by molar-refractivity contribution is 5.72. The number of rotatable bonds is 0. The van der Waals surface area contributed by atoms with Gasteiger partial charge in [0.15, 0.2) is 0 Å². The highest BCUT2D eigenvalue weighted by Crippen LogP contribution is 2.56. The third-order valence-corrected chi connectivity index (χ3v) is 4.42. The van der Waals surface area contributed by atoms with Crippen LogP contribution < -0.4 is 0 Å². The normalized spacial score (nSPS) is 48.5. The van der Waals surface area contributed by atoms with E-state index in [1.54, 1.807) is 0 Å². The van der Waals surface area contributed by atoms with E-state index >= 15 is 0 Å². The SMILES string of the molecule is O=C1CC2(CO1)CC1CCC2CC1. The van der Waals surface area contributed by atoms with Gasteiger partial charge in [-0.25, -0.2) is 0 Å². The van der Waals surface area contributed by atoms with Gasteiger partial charge in [0.2, 0.25) is 0 Å². The minimum atomic E-state index is 0.0487. The summed E-state index contributed by atoms with van der Waals surface area (Å²) in [6.45, 7) is 0.729. The molecule has 4 rings (SSSR count). The van der Waals surface area contributed by atoms with Crippen molar-refractivity contribution in [2.24, 2.45) is 17.3 Å². The molecule has 2 nitrogen and oxygen atoms in total. The first kappa shape index (κ1) is 7.84. The number of carbonyl (C=O) groups is 1. The van der Waals surface area contributed by atoms with Crippen LogP contribution in [0, 0.1) is 17.3 Å². The standard InChI is InChI=1S/C11H16O2/c12-10-6-11(7-13-10)5-8-1-3-9(11)4-2-8/h8-9H,1-7H2. The lowest BCUT2D eigenvalue weighted by atomic mass is 9.56. The van der Waals surface area contributed by atoms with Crippen LogP contribution in [0.3, 0.4) is 0 Å². The Balaban J connectivity index is 1.87. The third kappa shape index (κ3) is 1.04. The average Bonchev–Trinajstić information content (AvgIpc) is 2.49. The molecule has 2 bridgehead atoms. The summed E-state index contributed by atoms with van der Waals surface area (Å²) in [5.74, 6) is 1.75. The van der Waals surface area contributed by atoms with Crippen molar-refractivity contribution in [2.75, 3.05) is 6.61 Å². The maximum atomic E-state index is 11.2. The second-order valence-corrected chi connectivity index (χ2v) is 5.12. The molecule has 1 unspecified atom stereocenters. The minimum Gasteiger partial charge on any atom is -0.465 e.